The molecule has 1 atom stereocenters. The maximum Gasteiger partial charge on any atom is 0.278 e. The number of anilines is 1. The van der Waals surface area contributed by atoms with Crippen molar-refractivity contribution in [3.05, 3.63) is 70.5 Å². The van der Waals surface area contributed by atoms with Crippen molar-refractivity contribution in [2.45, 2.75) is 6.04 Å². The Morgan fingerprint density at radius 2 is 2.04 bits per heavy atom. The van der Waals surface area contributed by atoms with Crippen LogP contribution in [0.3, 0.4) is 0 Å². The van der Waals surface area contributed by atoms with Crippen LogP contribution in [0.2, 0.25) is 0 Å². The van der Waals surface area contributed by atoms with Gasteiger partial charge in [0, 0.05) is 36.1 Å². The second-order valence-electron chi connectivity index (χ2n) is 6.45. The van der Waals surface area contributed by atoms with Crippen LogP contribution in [0.25, 0.3) is 10.8 Å². The number of nitrogens with zero attached hydrogens (tertiary/aromatic N) is 3. The molecule has 0 saturated heterocycles. The number of pyridine rings is 1. The highest BCUT2D eigenvalue weighted by molar-refractivity contribution is 5.99. The molecule has 1 N–H and O–H groups in total. The first kappa shape index (κ1) is 18.6. The van der Waals surface area contributed by atoms with Crippen molar-refractivity contribution in [1.29, 1.82) is 0 Å². The SMILES string of the molecule is COc1cccc([C@H](CNc2ccc([N+](=O)[O-])c3cnccc23)N(C)C)c1. The van der Waals surface area contributed by atoms with Gasteiger partial charge in [-0.15, -0.1) is 0 Å². The van der Waals surface area contributed by atoms with Crippen LogP contribution in [-0.2, 0) is 0 Å². The predicted octanol–water partition coefficient (Wildman–Crippen LogP) is 3.87. The Kier molecular flexibility index (Phi) is 5.52. The minimum Gasteiger partial charge on any atom is -0.497 e. The number of fused-ring (bicyclic) bond motifs is 1. The molecule has 0 aliphatic carbocycles. The van der Waals surface area contributed by atoms with Crippen molar-refractivity contribution in [2.24, 2.45) is 0 Å². The van der Waals surface area contributed by atoms with Gasteiger partial charge in [0.15, 0.2) is 0 Å². The number of hydrogen-bond donors (Lipinski definition) is 1. The Labute approximate surface area is 157 Å². The van der Waals surface area contributed by atoms with Crippen molar-refractivity contribution in [1.82, 2.24) is 9.88 Å². The number of non-ortho nitro benzene ring substituents is 1. The van der Waals surface area contributed by atoms with Crippen molar-refractivity contribution in [3.8, 4) is 5.75 Å². The molecule has 1 heterocycles. The molecule has 0 amide bonds. The smallest absolute Gasteiger partial charge is 0.278 e. The number of ether oxygens (including phenoxy) is 1. The summed E-state index contributed by atoms with van der Waals surface area (Å²) in [5.74, 6) is 0.811. The Morgan fingerprint density at radius 1 is 1.22 bits per heavy atom. The van der Waals surface area contributed by atoms with Gasteiger partial charge in [-0.2, -0.15) is 0 Å². The number of nitro groups is 1. The summed E-state index contributed by atoms with van der Waals surface area (Å²) in [4.78, 5) is 17.0. The molecule has 0 bridgehead atoms. The maximum absolute atomic E-state index is 11.3. The summed E-state index contributed by atoms with van der Waals surface area (Å²) < 4.78 is 5.33. The Morgan fingerprint density at radius 3 is 2.74 bits per heavy atom. The van der Waals surface area contributed by atoms with E-state index in [2.05, 4.69) is 21.3 Å². The standard InChI is InChI=1S/C20H22N4O3/c1-23(2)20(14-5-4-6-15(11-14)27-3)13-22-18-7-8-19(24(25)26)17-12-21-10-9-16(17)18/h4-12,20,22H,13H2,1-3H3/t20-/m0/s1. The second-order valence-corrected chi connectivity index (χ2v) is 6.45. The third kappa shape index (κ3) is 3.98. The van der Waals surface area contributed by atoms with E-state index in [-0.39, 0.29) is 16.7 Å². The van der Waals surface area contributed by atoms with Crippen molar-refractivity contribution < 1.29 is 9.66 Å². The van der Waals surface area contributed by atoms with E-state index in [1.54, 1.807) is 25.4 Å². The number of likely N-dealkylation sites (N-methyl/N-ethyl adjacent to an activating group) is 1. The van der Waals surface area contributed by atoms with E-state index >= 15 is 0 Å². The van der Waals surface area contributed by atoms with Crippen LogP contribution < -0.4 is 10.1 Å². The first-order valence-corrected chi connectivity index (χ1v) is 8.56. The molecule has 3 aromatic rings. The van der Waals surface area contributed by atoms with Gasteiger partial charge in [-0.05, 0) is 43.9 Å². The summed E-state index contributed by atoms with van der Waals surface area (Å²) in [6.07, 6.45) is 3.17. The zero-order valence-corrected chi connectivity index (χ0v) is 15.5. The maximum atomic E-state index is 11.3. The summed E-state index contributed by atoms with van der Waals surface area (Å²) >= 11 is 0. The number of nitro benzene ring substituents is 1. The fourth-order valence-corrected chi connectivity index (χ4v) is 3.14. The third-order valence-corrected chi connectivity index (χ3v) is 4.58. The molecule has 0 aliphatic heterocycles. The molecule has 27 heavy (non-hydrogen) atoms. The lowest BCUT2D eigenvalue weighted by Gasteiger charge is -2.26. The number of rotatable bonds is 7. The molecule has 0 radical (unpaired) electrons. The van der Waals surface area contributed by atoms with Crippen LogP contribution in [0.5, 0.6) is 5.75 Å². The molecule has 0 saturated carbocycles. The highest BCUT2D eigenvalue weighted by Crippen LogP contribution is 2.31. The van der Waals surface area contributed by atoms with Gasteiger partial charge in [0.2, 0.25) is 0 Å². The summed E-state index contributed by atoms with van der Waals surface area (Å²) in [5, 5.41) is 16.0. The predicted molar refractivity (Wildman–Crippen MR) is 106 cm³/mol. The summed E-state index contributed by atoms with van der Waals surface area (Å²) in [6.45, 7) is 0.634. The van der Waals surface area contributed by atoms with Gasteiger partial charge in [0.05, 0.1) is 23.5 Å². The van der Waals surface area contributed by atoms with E-state index in [9.17, 15) is 10.1 Å². The van der Waals surface area contributed by atoms with Crippen molar-refractivity contribution in [3.63, 3.8) is 0 Å². The average molecular weight is 366 g/mol. The van der Waals surface area contributed by atoms with E-state index in [1.807, 2.05) is 32.3 Å². The minimum absolute atomic E-state index is 0.0561. The molecule has 0 spiro atoms. The molecule has 3 rings (SSSR count). The van der Waals surface area contributed by atoms with Crippen LogP contribution in [-0.4, -0.2) is 42.6 Å². The van der Waals surface area contributed by atoms with Crippen molar-refractivity contribution in [2.75, 3.05) is 33.1 Å². The number of aromatic nitrogens is 1. The Hall–Kier alpha value is -3.19. The van der Waals surface area contributed by atoms with Gasteiger partial charge in [0.1, 0.15) is 5.75 Å². The molecular formula is C20H22N4O3. The molecule has 140 valence electrons. The first-order chi connectivity index (χ1) is 13.0. The van der Waals surface area contributed by atoms with Gasteiger partial charge in [-0.1, -0.05) is 12.1 Å². The Bertz CT molecular complexity index is 959. The van der Waals surface area contributed by atoms with E-state index in [0.717, 1.165) is 22.4 Å². The van der Waals surface area contributed by atoms with E-state index in [1.165, 1.54) is 12.3 Å². The quantitative estimate of drug-likeness (QED) is 0.505. The first-order valence-electron chi connectivity index (χ1n) is 8.56. The normalized spacial score (nSPS) is 12.1. The number of methoxy groups -OCH3 is 1. The molecule has 7 nitrogen and oxygen atoms in total. The molecule has 0 aliphatic rings. The zero-order chi connectivity index (χ0) is 19.4. The van der Waals surface area contributed by atoms with Crippen molar-refractivity contribution >= 4 is 22.1 Å². The fraction of sp³-hybridized carbons (Fsp3) is 0.250. The number of hydrogen-bond acceptors (Lipinski definition) is 6. The molecule has 1 aromatic heterocycles. The molecule has 2 aromatic carbocycles. The van der Waals surface area contributed by atoms with Crippen LogP contribution in [0, 0.1) is 10.1 Å². The van der Waals surface area contributed by atoms with E-state index in [4.69, 9.17) is 4.74 Å². The molecule has 0 fully saturated rings. The third-order valence-electron chi connectivity index (χ3n) is 4.58. The summed E-state index contributed by atoms with van der Waals surface area (Å²) in [7, 11) is 5.69. The number of nitrogens with one attached hydrogen (secondary N) is 1. The van der Waals surface area contributed by atoms with Crippen LogP contribution in [0.4, 0.5) is 11.4 Å². The zero-order valence-electron chi connectivity index (χ0n) is 15.5. The fourth-order valence-electron chi connectivity index (χ4n) is 3.14. The van der Waals surface area contributed by atoms with Crippen LogP contribution >= 0.6 is 0 Å². The number of benzene rings is 2. The van der Waals surface area contributed by atoms with E-state index in [0.29, 0.717) is 11.9 Å². The van der Waals surface area contributed by atoms with Gasteiger partial charge in [0.25, 0.3) is 5.69 Å². The van der Waals surface area contributed by atoms with Gasteiger partial charge < -0.3 is 15.0 Å². The highest BCUT2D eigenvalue weighted by Gasteiger charge is 2.17. The average Bonchev–Trinajstić information content (AvgIpc) is 2.67. The highest BCUT2D eigenvalue weighted by atomic mass is 16.6. The minimum atomic E-state index is -0.382. The van der Waals surface area contributed by atoms with Crippen LogP contribution in [0.15, 0.2) is 54.9 Å². The topological polar surface area (TPSA) is 80.5 Å². The summed E-state index contributed by atoms with van der Waals surface area (Å²) in [6, 6.07) is 13.1. The lowest BCUT2D eigenvalue weighted by Crippen LogP contribution is -2.27. The summed E-state index contributed by atoms with van der Waals surface area (Å²) in [5.41, 5.74) is 2.02. The molecular weight excluding hydrogens is 344 g/mol. The van der Waals surface area contributed by atoms with Crippen LogP contribution in [0.1, 0.15) is 11.6 Å². The van der Waals surface area contributed by atoms with Gasteiger partial charge in [-0.3, -0.25) is 15.1 Å². The Balaban J connectivity index is 1.90. The van der Waals surface area contributed by atoms with Gasteiger partial charge >= 0.3 is 0 Å². The largest absolute Gasteiger partial charge is 0.497 e. The molecule has 0 unspecified atom stereocenters. The van der Waals surface area contributed by atoms with E-state index < -0.39 is 0 Å². The lowest BCUT2D eigenvalue weighted by molar-refractivity contribution is -0.383. The lowest BCUT2D eigenvalue weighted by atomic mass is 10.0. The molecule has 7 heteroatoms. The second kappa shape index (κ2) is 8.01. The van der Waals surface area contributed by atoms with Gasteiger partial charge in [-0.25, -0.2) is 0 Å². The monoisotopic (exact) mass is 366 g/mol.